The predicted molar refractivity (Wildman–Crippen MR) is 133 cm³/mol. The van der Waals surface area contributed by atoms with Gasteiger partial charge in [0.25, 0.3) is 5.91 Å². The normalized spacial score (nSPS) is 15.0. The molecule has 0 spiro atoms. The Morgan fingerprint density at radius 1 is 1.09 bits per heavy atom. The van der Waals surface area contributed by atoms with Gasteiger partial charge in [-0.05, 0) is 56.3 Å². The van der Waals surface area contributed by atoms with Crippen molar-refractivity contribution in [3.63, 3.8) is 0 Å². The van der Waals surface area contributed by atoms with E-state index < -0.39 is 6.10 Å². The Morgan fingerprint density at radius 2 is 1.81 bits per heavy atom. The van der Waals surface area contributed by atoms with Crippen LogP contribution in [0.4, 0.5) is 5.13 Å². The van der Waals surface area contributed by atoms with Gasteiger partial charge in [-0.3, -0.25) is 9.69 Å². The topological polar surface area (TPSA) is 54.9 Å². The molecule has 0 saturated carbocycles. The van der Waals surface area contributed by atoms with Crippen LogP contribution in [0.15, 0.2) is 36.4 Å². The number of amides is 1. The number of aromatic nitrogens is 1. The maximum absolute atomic E-state index is 13.6. The van der Waals surface area contributed by atoms with E-state index in [2.05, 4.69) is 44.7 Å². The van der Waals surface area contributed by atoms with Crippen LogP contribution in [-0.2, 0) is 4.79 Å². The minimum atomic E-state index is -0.693. The summed E-state index contributed by atoms with van der Waals surface area (Å²) in [6, 6.07) is 11.7. The van der Waals surface area contributed by atoms with E-state index in [0.717, 1.165) is 35.4 Å². The number of thiazole rings is 1. The maximum atomic E-state index is 13.6. The van der Waals surface area contributed by atoms with Crippen molar-refractivity contribution in [1.29, 1.82) is 0 Å². The van der Waals surface area contributed by atoms with E-state index in [0.29, 0.717) is 23.2 Å². The first-order valence-corrected chi connectivity index (χ1v) is 11.6. The van der Waals surface area contributed by atoms with Gasteiger partial charge < -0.3 is 14.4 Å². The molecule has 2 heterocycles. The fourth-order valence-corrected chi connectivity index (χ4v) is 4.78. The summed E-state index contributed by atoms with van der Waals surface area (Å²) in [6.07, 6.45) is -0.693. The molecule has 1 amide bonds. The molecule has 0 fully saturated rings. The molecule has 1 atom stereocenters. The lowest BCUT2D eigenvalue weighted by Gasteiger charge is -2.30. The van der Waals surface area contributed by atoms with Crippen molar-refractivity contribution in [1.82, 2.24) is 9.88 Å². The number of para-hydroxylation sites is 2. The van der Waals surface area contributed by atoms with Crippen molar-refractivity contribution >= 4 is 45.0 Å². The second-order valence-electron chi connectivity index (χ2n) is 7.73. The van der Waals surface area contributed by atoms with Crippen LogP contribution in [0.5, 0.6) is 11.5 Å². The number of rotatable bonds is 7. The highest BCUT2D eigenvalue weighted by molar-refractivity contribution is 7.22. The van der Waals surface area contributed by atoms with Crippen molar-refractivity contribution in [3.8, 4) is 11.5 Å². The summed E-state index contributed by atoms with van der Waals surface area (Å²) in [5.41, 5.74) is 3.32. The number of halogens is 1. The number of benzene rings is 2. The van der Waals surface area contributed by atoms with Gasteiger partial charge in [0.2, 0.25) is 6.10 Å². The van der Waals surface area contributed by atoms with Gasteiger partial charge in [-0.2, -0.15) is 0 Å². The molecule has 172 valence electrons. The van der Waals surface area contributed by atoms with Crippen LogP contribution < -0.4 is 14.4 Å². The van der Waals surface area contributed by atoms with Crippen molar-refractivity contribution in [2.45, 2.75) is 33.8 Å². The zero-order valence-corrected chi connectivity index (χ0v) is 20.6. The minimum absolute atomic E-state index is 0. The van der Waals surface area contributed by atoms with E-state index in [-0.39, 0.29) is 24.9 Å². The molecule has 32 heavy (non-hydrogen) atoms. The van der Waals surface area contributed by atoms with Crippen molar-refractivity contribution in [2.75, 3.05) is 37.7 Å². The zero-order chi connectivity index (χ0) is 22.0. The summed E-state index contributed by atoms with van der Waals surface area (Å²) in [4.78, 5) is 22.5. The van der Waals surface area contributed by atoms with Gasteiger partial charge in [-0.25, -0.2) is 4.98 Å². The molecule has 6 nitrogen and oxygen atoms in total. The van der Waals surface area contributed by atoms with Crippen LogP contribution in [0, 0.1) is 13.8 Å². The second kappa shape index (κ2) is 10.5. The summed E-state index contributed by atoms with van der Waals surface area (Å²) in [5, 5.41) is 0.711. The number of ether oxygens (including phenoxy) is 2. The molecule has 1 aromatic heterocycles. The van der Waals surface area contributed by atoms with Crippen LogP contribution in [0.3, 0.4) is 0 Å². The molecular formula is C24H30ClN3O3S. The van der Waals surface area contributed by atoms with Gasteiger partial charge in [0, 0.05) is 13.1 Å². The van der Waals surface area contributed by atoms with E-state index in [4.69, 9.17) is 14.5 Å². The SMILES string of the molecule is CCN(CC)CCN(C(=O)C1COc2ccccc2O1)c1nc2c(C)c(C)ccc2s1.Cl. The Bertz CT molecular complexity index is 1080. The Kier molecular flexibility index (Phi) is 7.98. The molecule has 8 heteroatoms. The van der Waals surface area contributed by atoms with E-state index in [9.17, 15) is 4.79 Å². The van der Waals surface area contributed by atoms with Crippen LogP contribution >= 0.6 is 23.7 Å². The average molecular weight is 476 g/mol. The fourth-order valence-electron chi connectivity index (χ4n) is 3.73. The largest absolute Gasteiger partial charge is 0.485 e. The van der Waals surface area contributed by atoms with Crippen molar-refractivity contribution in [3.05, 3.63) is 47.5 Å². The smallest absolute Gasteiger partial charge is 0.273 e. The summed E-state index contributed by atoms with van der Waals surface area (Å²) in [7, 11) is 0. The van der Waals surface area contributed by atoms with Gasteiger partial charge >= 0.3 is 0 Å². The summed E-state index contributed by atoms with van der Waals surface area (Å²) < 4.78 is 12.9. The standard InChI is InChI=1S/C24H29N3O3S.ClH/c1-5-26(6-2)13-14-27(24-25-22-17(4)16(3)11-12-21(22)31-24)23(28)20-15-29-18-9-7-8-10-19(18)30-20;/h7-12,20H,5-6,13-15H2,1-4H3;1H. The third kappa shape index (κ3) is 4.85. The molecule has 0 saturated heterocycles. The van der Waals surface area contributed by atoms with Crippen LogP contribution in [0.25, 0.3) is 10.2 Å². The van der Waals surface area contributed by atoms with E-state index in [1.165, 1.54) is 5.56 Å². The summed E-state index contributed by atoms with van der Waals surface area (Å²) in [6.45, 7) is 11.8. The van der Waals surface area contributed by atoms with Crippen LogP contribution in [0.1, 0.15) is 25.0 Å². The summed E-state index contributed by atoms with van der Waals surface area (Å²) >= 11 is 1.55. The zero-order valence-electron chi connectivity index (χ0n) is 19.0. The first-order valence-electron chi connectivity index (χ1n) is 10.8. The molecule has 4 rings (SSSR count). The van der Waals surface area contributed by atoms with Crippen LogP contribution in [-0.4, -0.2) is 54.7 Å². The molecule has 1 aliphatic rings. The molecule has 1 aliphatic heterocycles. The van der Waals surface area contributed by atoms with Gasteiger partial charge in [-0.1, -0.05) is 43.4 Å². The lowest BCUT2D eigenvalue weighted by Crippen LogP contribution is -2.48. The van der Waals surface area contributed by atoms with E-state index in [1.807, 2.05) is 24.3 Å². The molecule has 0 bridgehead atoms. The fraction of sp³-hybridized carbons (Fsp3) is 0.417. The highest BCUT2D eigenvalue weighted by Gasteiger charge is 2.33. The lowest BCUT2D eigenvalue weighted by molar-refractivity contribution is -0.127. The number of fused-ring (bicyclic) bond motifs is 2. The molecule has 2 aromatic carbocycles. The van der Waals surface area contributed by atoms with Gasteiger partial charge in [-0.15, -0.1) is 12.4 Å². The Hall–Kier alpha value is -2.35. The maximum Gasteiger partial charge on any atom is 0.273 e. The van der Waals surface area contributed by atoms with Crippen molar-refractivity contribution < 1.29 is 14.3 Å². The number of carbonyl (C=O) groups excluding carboxylic acids is 1. The molecule has 0 N–H and O–H groups in total. The Labute approximate surface area is 199 Å². The number of likely N-dealkylation sites (N-methyl/N-ethyl adjacent to an activating group) is 1. The number of aryl methyl sites for hydroxylation is 2. The molecule has 3 aromatic rings. The van der Waals surface area contributed by atoms with Crippen molar-refractivity contribution in [2.24, 2.45) is 0 Å². The third-order valence-electron chi connectivity index (χ3n) is 5.89. The van der Waals surface area contributed by atoms with Gasteiger partial charge in [0.15, 0.2) is 16.6 Å². The van der Waals surface area contributed by atoms with E-state index in [1.54, 1.807) is 16.2 Å². The summed E-state index contributed by atoms with van der Waals surface area (Å²) in [5.74, 6) is 1.16. The van der Waals surface area contributed by atoms with Gasteiger partial charge in [0.05, 0.1) is 10.2 Å². The number of hydrogen-bond donors (Lipinski definition) is 0. The predicted octanol–water partition coefficient (Wildman–Crippen LogP) is 4.85. The second-order valence-corrected chi connectivity index (χ2v) is 8.74. The molecule has 1 unspecified atom stereocenters. The third-order valence-corrected chi connectivity index (χ3v) is 6.93. The van der Waals surface area contributed by atoms with E-state index >= 15 is 0 Å². The quantitative estimate of drug-likeness (QED) is 0.489. The molecule has 0 radical (unpaired) electrons. The monoisotopic (exact) mass is 475 g/mol. The highest BCUT2D eigenvalue weighted by Crippen LogP contribution is 2.34. The Morgan fingerprint density at radius 3 is 2.53 bits per heavy atom. The number of carbonyl (C=O) groups is 1. The van der Waals surface area contributed by atoms with Gasteiger partial charge in [0.1, 0.15) is 6.61 Å². The lowest BCUT2D eigenvalue weighted by atomic mass is 10.1. The first kappa shape index (κ1) is 24.3. The molecular weight excluding hydrogens is 446 g/mol. The Balaban J connectivity index is 0.00000289. The number of hydrogen-bond acceptors (Lipinski definition) is 6. The first-order chi connectivity index (χ1) is 15.0. The number of anilines is 1. The average Bonchev–Trinajstić information content (AvgIpc) is 3.23. The molecule has 0 aliphatic carbocycles. The minimum Gasteiger partial charge on any atom is -0.485 e. The highest BCUT2D eigenvalue weighted by atomic mass is 35.5. The number of nitrogens with zero attached hydrogens (tertiary/aromatic N) is 3. The van der Waals surface area contributed by atoms with Crippen LogP contribution in [0.2, 0.25) is 0 Å².